The number of nitrogens with one attached hydrogen (secondary N) is 1. The number of hydrogen-bond acceptors (Lipinski definition) is 7. The molecule has 1 amide bonds. The molecule has 0 saturated heterocycles. The molecule has 170 valence electrons. The number of anilines is 2. The Hall–Kier alpha value is -2.14. The number of carbonyl (C=O) groups excluding carboxylic acids is 1. The fraction of sp³-hybridized carbons (Fsp3) is 0.286. The second-order valence-corrected chi connectivity index (χ2v) is 11.5. The monoisotopic (exact) mass is 510 g/mol. The molecule has 7 nitrogen and oxygen atoms in total. The van der Waals surface area contributed by atoms with E-state index in [0.29, 0.717) is 25.7 Å². The van der Waals surface area contributed by atoms with Gasteiger partial charge < -0.3 is 0 Å². The second kappa shape index (κ2) is 10.7. The second-order valence-electron chi connectivity index (χ2n) is 7.05. The molecule has 0 aliphatic rings. The summed E-state index contributed by atoms with van der Waals surface area (Å²) >= 11 is 8.87. The van der Waals surface area contributed by atoms with Crippen molar-refractivity contribution in [2.45, 2.75) is 36.4 Å². The highest BCUT2D eigenvalue weighted by Crippen LogP contribution is 2.31. The lowest BCUT2D eigenvalue weighted by Crippen LogP contribution is -2.47. The number of aromatic nitrogens is 2. The van der Waals surface area contributed by atoms with Crippen molar-refractivity contribution in [1.82, 2.24) is 10.2 Å². The van der Waals surface area contributed by atoms with E-state index in [2.05, 4.69) is 15.5 Å². The van der Waals surface area contributed by atoms with Crippen LogP contribution in [-0.2, 0) is 20.6 Å². The Kier molecular flexibility index (Phi) is 8.16. The van der Waals surface area contributed by atoms with Gasteiger partial charge in [0.25, 0.3) is 0 Å². The Morgan fingerprint density at radius 1 is 1.22 bits per heavy atom. The van der Waals surface area contributed by atoms with Crippen molar-refractivity contribution >= 4 is 61.4 Å². The number of halogens is 1. The van der Waals surface area contributed by atoms with Crippen LogP contribution in [0, 0.1) is 6.92 Å². The zero-order chi connectivity index (χ0) is 23.3. The summed E-state index contributed by atoms with van der Waals surface area (Å²) in [5.74, 6) is 0.254. The Morgan fingerprint density at radius 2 is 1.94 bits per heavy atom. The molecule has 32 heavy (non-hydrogen) atoms. The number of sulfonamides is 1. The van der Waals surface area contributed by atoms with E-state index in [-0.39, 0.29) is 6.42 Å². The molecular weight excluding hydrogens is 488 g/mol. The summed E-state index contributed by atoms with van der Waals surface area (Å²) in [6.45, 7) is 3.53. The minimum Gasteiger partial charge on any atom is -0.299 e. The minimum atomic E-state index is -3.76. The summed E-state index contributed by atoms with van der Waals surface area (Å²) in [6, 6.07) is 14.0. The predicted octanol–water partition coefficient (Wildman–Crippen LogP) is 4.98. The molecule has 0 aliphatic heterocycles. The maximum Gasteiger partial charge on any atom is 0.250 e. The Labute approximate surface area is 201 Å². The van der Waals surface area contributed by atoms with Crippen LogP contribution < -0.4 is 9.62 Å². The Bertz CT molecular complexity index is 1190. The van der Waals surface area contributed by atoms with Gasteiger partial charge in [-0.2, -0.15) is 0 Å². The van der Waals surface area contributed by atoms with Gasteiger partial charge in [-0.25, -0.2) is 8.42 Å². The van der Waals surface area contributed by atoms with Crippen LogP contribution in [0.15, 0.2) is 52.9 Å². The summed E-state index contributed by atoms with van der Waals surface area (Å²) in [5, 5.41) is 11.6. The number of benzene rings is 2. The highest BCUT2D eigenvalue weighted by Gasteiger charge is 2.33. The molecule has 11 heteroatoms. The quantitative estimate of drug-likeness (QED) is 0.322. The zero-order valence-electron chi connectivity index (χ0n) is 17.8. The number of aryl methyl sites for hydroxylation is 1. The molecule has 1 aromatic heterocycles. The van der Waals surface area contributed by atoms with Gasteiger partial charge in [0.05, 0.1) is 11.9 Å². The van der Waals surface area contributed by atoms with Gasteiger partial charge >= 0.3 is 0 Å². The first-order chi connectivity index (χ1) is 15.2. The van der Waals surface area contributed by atoms with Crippen LogP contribution in [0.3, 0.4) is 0 Å². The molecule has 0 radical (unpaired) electrons. The van der Waals surface area contributed by atoms with Crippen LogP contribution in [0.25, 0.3) is 0 Å². The smallest absolute Gasteiger partial charge is 0.250 e. The van der Waals surface area contributed by atoms with Crippen LogP contribution in [0.4, 0.5) is 10.8 Å². The average molecular weight is 511 g/mol. The fourth-order valence-electron chi connectivity index (χ4n) is 3.08. The topological polar surface area (TPSA) is 92.3 Å². The summed E-state index contributed by atoms with van der Waals surface area (Å²) in [7, 11) is -3.76. The van der Waals surface area contributed by atoms with Gasteiger partial charge in [-0.1, -0.05) is 78.0 Å². The lowest BCUT2D eigenvalue weighted by molar-refractivity contribution is -0.117. The summed E-state index contributed by atoms with van der Waals surface area (Å²) in [5.41, 5.74) is 2.23. The van der Waals surface area contributed by atoms with Gasteiger partial charge in [0.2, 0.25) is 21.1 Å². The zero-order valence-corrected chi connectivity index (χ0v) is 21.0. The molecule has 0 aliphatic carbocycles. The van der Waals surface area contributed by atoms with E-state index in [9.17, 15) is 13.2 Å². The summed E-state index contributed by atoms with van der Waals surface area (Å²) in [4.78, 5) is 13.1. The number of rotatable bonds is 9. The van der Waals surface area contributed by atoms with Crippen LogP contribution >= 0.6 is 34.7 Å². The molecule has 0 fully saturated rings. The van der Waals surface area contributed by atoms with E-state index in [1.807, 2.05) is 30.3 Å². The standard InChI is InChI=1S/C21H23ClN4O3S3/c1-4-17(26(32(3,28)29)18-12-16(22)11-10-14(18)2)19(27)23-20-24-25-21(31-20)30-13-15-8-6-5-7-9-15/h5-12,17H,4,13H2,1-3H3,(H,23,24,27)/t17-/m1/s1. The molecule has 0 bridgehead atoms. The number of hydrogen-bond donors (Lipinski definition) is 1. The largest absolute Gasteiger partial charge is 0.299 e. The van der Waals surface area contributed by atoms with E-state index >= 15 is 0 Å². The van der Waals surface area contributed by atoms with Crippen molar-refractivity contribution in [2.75, 3.05) is 15.9 Å². The Morgan fingerprint density at radius 3 is 2.59 bits per heavy atom. The van der Waals surface area contributed by atoms with Crippen molar-refractivity contribution in [3.8, 4) is 0 Å². The first-order valence-corrected chi connectivity index (χ1v) is 13.8. The number of amides is 1. The van der Waals surface area contributed by atoms with Crippen molar-refractivity contribution in [3.05, 3.63) is 64.7 Å². The first kappa shape index (κ1) is 24.5. The third kappa shape index (κ3) is 6.22. The van der Waals surface area contributed by atoms with Gasteiger partial charge in [0.1, 0.15) is 6.04 Å². The van der Waals surface area contributed by atoms with Crippen molar-refractivity contribution in [2.24, 2.45) is 0 Å². The minimum absolute atomic E-state index is 0.263. The molecule has 1 atom stereocenters. The third-order valence-corrected chi connectivity index (χ3v) is 8.02. The predicted molar refractivity (Wildman–Crippen MR) is 132 cm³/mol. The van der Waals surface area contributed by atoms with E-state index < -0.39 is 22.0 Å². The van der Waals surface area contributed by atoms with Crippen LogP contribution in [0.5, 0.6) is 0 Å². The van der Waals surface area contributed by atoms with Crippen LogP contribution in [0.2, 0.25) is 5.02 Å². The van der Waals surface area contributed by atoms with Crippen molar-refractivity contribution in [1.29, 1.82) is 0 Å². The molecule has 2 aromatic carbocycles. The molecule has 3 rings (SSSR count). The van der Waals surface area contributed by atoms with Crippen molar-refractivity contribution in [3.63, 3.8) is 0 Å². The highest BCUT2D eigenvalue weighted by molar-refractivity contribution is 8.00. The lowest BCUT2D eigenvalue weighted by Gasteiger charge is -2.31. The van der Waals surface area contributed by atoms with Gasteiger partial charge in [0, 0.05) is 10.8 Å². The van der Waals surface area contributed by atoms with Gasteiger partial charge in [-0.3, -0.25) is 14.4 Å². The molecule has 1 N–H and O–H groups in total. The first-order valence-electron chi connectivity index (χ1n) is 9.75. The van der Waals surface area contributed by atoms with Gasteiger partial charge in [0.15, 0.2) is 4.34 Å². The van der Waals surface area contributed by atoms with E-state index in [1.165, 1.54) is 23.1 Å². The lowest BCUT2D eigenvalue weighted by atomic mass is 10.1. The number of thioether (sulfide) groups is 1. The molecule has 1 heterocycles. The summed E-state index contributed by atoms with van der Waals surface area (Å²) < 4.78 is 27.1. The Balaban J connectivity index is 1.77. The van der Waals surface area contributed by atoms with Gasteiger partial charge in [-0.05, 0) is 36.6 Å². The van der Waals surface area contributed by atoms with E-state index in [4.69, 9.17) is 11.6 Å². The maximum absolute atomic E-state index is 13.1. The highest BCUT2D eigenvalue weighted by atomic mass is 35.5. The molecule has 0 spiro atoms. The van der Waals surface area contributed by atoms with Crippen molar-refractivity contribution < 1.29 is 13.2 Å². The average Bonchev–Trinajstić information content (AvgIpc) is 3.19. The molecular formula is C21H23ClN4O3S3. The summed E-state index contributed by atoms with van der Waals surface area (Å²) in [6.07, 6.45) is 1.34. The van der Waals surface area contributed by atoms with E-state index in [1.54, 1.807) is 32.0 Å². The molecule has 0 unspecified atom stereocenters. The third-order valence-electron chi connectivity index (χ3n) is 4.58. The number of nitrogens with zero attached hydrogens (tertiary/aromatic N) is 3. The number of carbonyl (C=O) groups is 1. The fourth-order valence-corrected chi connectivity index (χ4v) is 6.22. The molecule has 3 aromatic rings. The van der Waals surface area contributed by atoms with Gasteiger partial charge in [-0.15, -0.1) is 10.2 Å². The van der Waals surface area contributed by atoms with E-state index in [0.717, 1.165) is 21.9 Å². The van der Waals surface area contributed by atoms with Crippen LogP contribution in [-0.4, -0.2) is 36.8 Å². The molecule has 0 saturated carbocycles. The normalized spacial score (nSPS) is 12.4. The van der Waals surface area contributed by atoms with Crippen LogP contribution in [0.1, 0.15) is 24.5 Å². The maximum atomic E-state index is 13.1. The SMILES string of the molecule is CC[C@H](C(=O)Nc1nnc(SCc2ccccc2)s1)N(c1cc(Cl)ccc1C)S(C)(=O)=O.